The van der Waals surface area contributed by atoms with Crippen LogP contribution in [0.5, 0.6) is 0 Å². The van der Waals surface area contributed by atoms with Crippen molar-refractivity contribution in [2.24, 2.45) is 0 Å². The Bertz CT molecular complexity index is 1200. The van der Waals surface area contributed by atoms with Crippen molar-refractivity contribution >= 4 is 17.1 Å². The highest BCUT2D eigenvalue weighted by Gasteiger charge is 2.31. The molecule has 184 valence electrons. The Labute approximate surface area is 214 Å². The smallest absolute Gasteiger partial charge is 0.272 e. The van der Waals surface area contributed by atoms with Gasteiger partial charge in [0.05, 0.1) is 6.54 Å². The van der Waals surface area contributed by atoms with Crippen LogP contribution < -0.4 is 0 Å². The Hall–Kier alpha value is -3.39. The van der Waals surface area contributed by atoms with Crippen molar-refractivity contribution in [3.05, 3.63) is 114 Å². The molecule has 0 bridgehead atoms. The summed E-state index contributed by atoms with van der Waals surface area (Å²) in [5, 5.41) is 3.86. The summed E-state index contributed by atoms with van der Waals surface area (Å²) in [7, 11) is 0. The lowest BCUT2D eigenvalue weighted by molar-refractivity contribution is -0.130. The molecule has 1 aromatic heterocycles. The Kier molecular flexibility index (Phi) is 7.81. The first-order valence-corrected chi connectivity index (χ1v) is 13.5. The minimum Gasteiger partial charge on any atom is -0.615 e. The quantitative estimate of drug-likeness (QED) is 0.333. The van der Waals surface area contributed by atoms with E-state index in [2.05, 4.69) is 10.1 Å². The first kappa shape index (κ1) is 24.3. The molecule has 1 aliphatic heterocycles. The van der Waals surface area contributed by atoms with Gasteiger partial charge in [-0.1, -0.05) is 96.2 Å². The second-order valence-electron chi connectivity index (χ2n) is 8.93. The van der Waals surface area contributed by atoms with Gasteiger partial charge in [-0.2, -0.15) is 0 Å². The van der Waals surface area contributed by atoms with E-state index in [-0.39, 0.29) is 16.9 Å². The molecule has 1 atom stereocenters. The standard InChI is InChI=1S/C29H29N3O3S/c33-28(22-36(34)29(24-12-6-2-7-13-24)25-14-8-3-9-15-25)32-18-16-31(17-19-32)21-26-20-27(30-35-26)23-10-4-1-5-11-23/h1-15,20,29H,16-19,21-22H2. The lowest BCUT2D eigenvalue weighted by Crippen LogP contribution is -2.49. The molecule has 36 heavy (non-hydrogen) atoms. The fourth-order valence-corrected chi connectivity index (χ4v) is 6.07. The van der Waals surface area contributed by atoms with Crippen LogP contribution in [0.3, 0.4) is 0 Å². The molecular weight excluding hydrogens is 470 g/mol. The van der Waals surface area contributed by atoms with E-state index in [9.17, 15) is 9.35 Å². The predicted octanol–water partition coefficient (Wildman–Crippen LogP) is 4.52. The van der Waals surface area contributed by atoms with Crippen molar-refractivity contribution in [2.45, 2.75) is 11.8 Å². The third kappa shape index (κ3) is 5.87. The number of carbonyl (C=O) groups is 1. The molecule has 1 unspecified atom stereocenters. The minimum atomic E-state index is -1.38. The summed E-state index contributed by atoms with van der Waals surface area (Å²) in [6.45, 7) is 3.34. The average molecular weight is 500 g/mol. The first-order chi connectivity index (χ1) is 17.7. The number of hydrogen-bond acceptors (Lipinski definition) is 5. The number of piperazine rings is 1. The lowest BCUT2D eigenvalue weighted by Gasteiger charge is -2.34. The molecule has 1 saturated heterocycles. The third-order valence-corrected chi connectivity index (χ3v) is 8.07. The molecule has 6 nitrogen and oxygen atoms in total. The van der Waals surface area contributed by atoms with Crippen LogP contribution in [0.4, 0.5) is 0 Å². The second-order valence-corrected chi connectivity index (χ2v) is 10.4. The maximum atomic E-state index is 13.5. The van der Waals surface area contributed by atoms with Crippen LogP contribution >= 0.6 is 0 Å². The number of rotatable bonds is 8. The van der Waals surface area contributed by atoms with Gasteiger partial charge in [0.25, 0.3) is 5.91 Å². The summed E-state index contributed by atoms with van der Waals surface area (Å²) in [5.41, 5.74) is 3.77. The molecule has 5 rings (SSSR count). The summed E-state index contributed by atoms with van der Waals surface area (Å²) < 4.78 is 19.0. The number of carbonyl (C=O) groups excluding carboxylic acids is 1. The molecule has 1 aliphatic rings. The van der Waals surface area contributed by atoms with E-state index in [0.29, 0.717) is 19.6 Å². The van der Waals surface area contributed by atoms with Crippen molar-refractivity contribution in [1.82, 2.24) is 15.0 Å². The molecule has 0 N–H and O–H groups in total. The summed E-state index contributed by atoms with van der Waals surface area (Å²) in [6.07, 6.45) is 0. The summed E-state index contributed by atoms with van der Waals surface area (Å²) in [6, 6.07) is 31.5. The molecule has 1 fully saturated rings. The van der Waals surface area contributed by atoms with E-state index in [1.165, 1.54) is 0 Å². The van der Waals surface area contributed by atoms with Gasteiger partial charge in [-0.05, 0) is 11.2 Å². The molecule has 1 amide bonds. The van der Waals surface area contributed by atoms with Gasteiger partial charge in [0.1, 0.15) is 5.69 Å². The average Bonchev–Trinajstić information content (AvgIpc) is 3.39. The highest BCUT2D eigenvalue weighted by atomic mass is 32.2. The van der Waals surface area contributed by atoms with Crippen LogP contribution in [0, 0.1) is 0 Å². The maximum absolute atomic E-state index is 13.5. The van der Waals surface area contributed by atoms with Crippen LogP contribution in [0.2, 0.25) is 0 Å². The summed E-state index contributed by atoms with van der Waals surface area (Å²) >= 11 is -1.38. The van der Waals surface area contributed by atoms with Gasteiger partial charge in [-0.3, -0.25) is 9.69 Å². The molecule has 0 spiro atoms. The number of aromatic nitrogens is 1. The van der Waals surface area contributed by atoms with Gasteiger partial charge in [0, 0.05) is 48.9 Å². The largest absolute Gasteiger partial charge is 0.615 e. The van der Waals surface area contributed by atoms with Crippen molar-refractivity contribution in [3.8, 4) is 11.3 Å². The number of amides is 1. The zero-order valence-electron chi connectivity index (χ0n) is 20.0. The van der Waals surface area contributed by atoms with E-state index >= 15 is 0 Å². The predicted molar refractivity (Wildman–Crippen MR) is 142 cm³/mol. The molecule has 0 radical (unpaired) electrons. The fourth-order valence-electron chi connectivity index (χ4n) is 4.56. The Morgan fingerprint density at radius 2 is 1.42 bits per heavy atom. The van der Waals surface area contributed by atoms with E-state index in [0.717, 1.165) is 41.2 Å². The van der Waals surface area contributed by atoms with Crippen molar-refractivity contribution in [2.75, 3.05) is 31.9 Å². The Balaban J connectivity index is 1.17. The highest BCUT2D eigenvalue weighted by Crippen LogP contribution is 2.31. The number of hydrogen-bond donors (Lipinski definition) is 0. The first-order valence-electron chi connectivity index (χ1n) is 12.2. The summed E-state index contributed by atoms with van der Waals surface area (Å²) in [4.78, 5) is 17.2. The van der Waals surface area contributed by atoms with E-state index in [1.807, 2.05) is 102 Å². The van der Waals surface area contributed by atoms with Crippen molar-refractivity contribution < 1.29 is 13.9 Å². The van der Waals surface area contributed by atoms with Gasteiger partial charge < -0.3 is 14.0 Å². The Morgan fingerprint density at radius 1 is 0.861 bits per heavy atom. The van der Waals surface area contributed by atoms with Gasteiger partial charge >= 0.3 is 0 Å². The molecule has 2 heterocycles. The molecule has 0 aliphatic carbocycles. The molecule has 0 saturated carbocycles. The maximum Gasteiger partial charge on any atom is 0.272 e. The zero-order chi connectivity index (χ0) is 24.7. The lowest BCUT2D eigenvalue weighted by atomic mass is 10.0. The third-order valence-electron chi connectivity index (χ3n) is 6.47. The topological polar surface area (TPSA) is 72.6 Å². The SMILES string of the molecule is O=C(C[S+]([O-])C(c1ccccc1)c1ccccc1)N1CCN(Cc2cc(-c3ccccc3)no2)CC1. The van der Waals surface area contributed by atoms with Gasteiger partial charge in [-0.25, -0.2) is 0 Å². The molecule has 4 aromatic rings. The van der Waals surface area contributed by atoms with E-state index in [4.69, 9.17) is 4.52 Å². The highest BCUT2D eigenvalue weighted by molar-refractivity contribution is 7.92. The van der Waals surface area contributed by atoms with Crippen LogP contribution in [0.25, 0.3) is 11.3 Å². The normalized spacial score (nSPS) is 15.2. The second kappa shape index (κ2) is 11.6. The molecule has 3 aromatic carbocycles. The van der Waals surface area contributed by atoms with Gasteiger partial charge in [-0.15, -0.1) is 0 Å². The minimum absolute atomic E-state index is 0.0109. The number of nitrogens with zero attached hydrogens (tertiary/aromatic N) is 3. The van der Waals surface area contributed by atoms with Gasteiger partial charge in [0.2, 0.25) is 0 Å². The molecule has 7 heteroatoms. The van der Waals surface area contributed by atoms with Crippen molar-refractivity contribution in [3.63, 3.8) is 0 Å². The van der Waals surface area contributed by atoms with Gasteiger partial charge in [0.15, 0.2) is 16.8 Å². The Morgan fingerprint density at radius 3 is 2.00 bits per heavy atom. The van der Waals surface area contributed by atoms with Crippen molar-refractivity contribution in [1.29, 1.82) is 0 Å². The van der Waals surface area contributed by atoms with E-state index < -0.39 is 11.2 Å². The van der Waals surface area contributed by atoms with Crippen LogP contribution in [0.15, 0.2) is 102 Å². The van der Waals surface area contributed by atoms with Crippen LogP contribution in [-0.2, 0) is 22.5 Å². The fraction of sp³-hybridized carbons (Fsp3) is 0.241. The van der Waals surface area contributed by atoms with E-state index in [1.54, 1.807) is 0 Å². The zero-order valence-corrected chi connectivity index (χ0v) is 20.8. The van der Waals surface area contributed by atoms with Crippen LogP contribution in [0.1, 0.15) is 22.1 Å². The molecular formula is C29H29N3O3S. The monoisotopic (exact) mass is 499 g/mol. The van der Waals surface area contributed by atoms with Crippen LogP contribution in [-0.4, -0.2) is 57.3 Å². The number of benzene rings is 3. The summed E-state index contributed by atoms with van der Waals surface area (Å²) in [5.74, 6) is 0.760.